The smallest absolute Gasteiger partial charge is 0.246 e. The van der Waals surface area contributed by atoms with E-state index in [4.69, 9.17) is 5.73 Å². The number of carbonyl (C=O) groups is 2. The molecule has 0 bridgehead atoms. The van der Waals surface area contributed by atoms with Gasteiger partial charge in [-0.2, -0.15) is 0 Å². The fourth-order valence-electron chi connectivity index (χ4n) is 2.33. The van der Waals surface area contributed by atoms with E-state index in [-0.39, 0.29) is 18.2 Å². The van der Waals surface area contributed by atoms with Gasteiger partial charge in [-0.25, -0.2) is 0 Å². The summed E-state index contributed by atoms with van der Waals surface area (Å²) in [6.07, 6.45) is 7.98. The van der Waals surface area contributed by atoms with Crippen molar-refractivity contribution in [2.45, 2.75) is 44.6 Å². The van der Waals surface area contributed by atoms with E-state index in [2.05, 4.69) is 6.08 Å². The second kappa shape index (κ2) is 4.78. The highest BCUT2D eigenvalue weighted by Crippen LogP contribution is 2.21. The average molecular weight is 222 g/mol. The Balaban J connectivity index is 1.88. The Morgan fingerprint density at radius 2 is 2.19 bits per heavy atom. The highest BCUT2D eigenvalue weighted by Gasteiger charge is 2.35. The van der Waals surface area contributed by atoms with Crippen LogP contribution in [0.25, 0.3) is 0 Å². The molecule has 0 aromatic heterocycles. The Morgan fingerprint density at radius 3 is 2.75 bits per heavy atom. The maximum atomic E-state index is 11.5. The number of hydrogen-bond donors (Lipinski definition) is 1. The van der Waals surface area contributed by atoms with Gasteiger partial charge in [0, 0.05) is 6.54 Å². The number of nitrogens with two attached hydrogens (primary N) is 1. The third kappa shape index (κ3) is 2.32. The second-order valence-electron chi connectivity index (χ2n) is 4.55. The zero-order valence-corrected chi connectivity index (χ0v) is 9.45. The molecule has 2 aliphatic rings. The van der Waals surface area contributed by atoms with E-state index in [9.17, 15) is 9.59 Å². The highest BCUT2D eigenvalue weighted by atomic mass is 16.2. The minimum Gasteiger partial charge on any atom is -0.319 e. The predicted octanol–water partition coefficient (Wildman–Crippen LogP) is 0.963. The fourth-order valence-corrected chi connectivity index (χ4v) is 2.33. The summed E-state index contributed by atoms with van der Waals surface area (Å²) in [5.74, 6) is -0.324. The predicted molar refractivity (Wildman–Crippen MR) is 60.5 cm³/mol. The largest absolute Gasteiger partial charge is 0.319 e. The van der Waals surface area contributed by atoms with E-state index in [0.717, 1.165) is 19.3 Å². The molecule has 1 aliphatic carbocycles. The molecule has 2 rings (SSSR count). The topological polar surface area (TPSA) is 63.4 Å². The van der Waals surface area contributed by atoms with Gasteiger partial charge in [-0.15, -0.1) is 0 Å². The molecule has 88 valence electrons. The van der Waals surface area contributed by atoms with Gasteiger partial charge in [-0.3, -0.25) is 14.5 Å². The Kier molecular flexibility index (Phi) is 3.39. The summed E-state index contributed by atoms with van der Waals surface area (Å²) >= 11 is 0. The zero-order chi connectivity index (χ0) is 11.5. The number of amides is 2. The first-order valence-electron chi connectivity index (χ1n) is 5.96. The van der Waals surface area contributed by atoms with Gasteiger partial charge in [0.15, 0.2) is 0 Å². The van der Waals surface area contributed by atoms with Crippen LogP contribution in [0.5, 0.6) is 0 Å². The Morgan fingerprint density at radius 1 is 1.38 bits per heavy atom. The Labute approximate surface area is 95.5 Å². The standard InChI is InChI=1S/C12H18N2O2/c13-10-8-11(15)14(12(10)16)7-6-9-4-2-1-3-5-9/h4,10H,1-3,5-8,13H2. The minimum absolute atomic E-state index is 0.117. The normalized spacial score (nSPS) is 26.2. The van der Waals surface area contributed by atoms with Crippen molar-refractivity contribution in [1.29, 1.82) is 0 Å². The van der Waals surface area contributed by atoms with Crippen LogP contribution in [0.15, 0.2) is 11.6 Å². The summed E-state index contributed by atoms with van der Waals surface area (Å²) in [6.45, 7) is 0.511. The van der Waals surface area contributed by atoms with Crippen molar-refractivity contribution < 1.29 is 9.59 Å². The van der Waals surface area contributed by atoms with Crippen molar-refractivity contribution in [3.63, 3.8) is 0 Å². The molecular formula is C12H18N2O2. The maximum Gasteiger partial charge on any atom is 0.246 e. The van der Waals surface area contributed by atoms with Gasteiger partial charge in [0.05, 0.1) is 12.5 Å². The lowest BCUT2D eigenvalue weighted by molar-refractivity contribution is -0.138. The fraction of sp³-hybridized carbons (Fsp3) is 0.667. The first kappa shape index (κ1) is 11.3. The molecule has 16 heavy (non-hydrogen) atoms. The van der Waals surface area contributed by atoms with Crippen molar-refractivity contribution >= 4 is 11.8 Å². The van der Waals surface area contributed by atoms with Crippen LogP contribution in [0.4, 0.5) is 0 Å². The number of carbonyl (C=O) groups excluding carboxylic acids is 2. The number of hydrogen-bond acceptors (Lipinski definition) is 3. The van der Waals surface area contributed by atoms with Crippen molar-refractivity contribution in [1.82, 2.24) is 4.90 Å². The second-order valence-corrected chi connectivity index (χ2v) is 4.55. The first-order valence-corrected chi connectivity index (χ1v) is 5.96. The lowest BCUT2D eigenvalue weighted by Gasteiger charge is -2.17. The van der Waals surface area contributed by atoms with Crippen LogP contribution in [0.2, 0.25) is 0 Å². The van der Waals surface area contributed by atoms with Crippen molar-refractivity contribution in [3.05, 3.63) is 11.6 Å². The van der Waals surface area contributed by atoms with E-state index in [1.807, 2.05) is 0 Å². The molecular weight excluding hydrogens is 204 g/mol. The van der Waals surface area contributed by atoms with E-state index in [0.29, 0.717) is 6.54 Å². The van der Waals surface area contributed by atoms with Crippen LogP contribution in [0.1, 0.15) is 38.5 Å². The molecule has 1 fully saturated rings. The molecule has 0 radical (unpaired) electrons. The molecule has 1 heterocycles. The molecule has 2 N–H and O–H groups in total. The van der Waals surface area contributed by atoms with Crippen LogP contribution < -0.4 is 5.73 Å². The molecule has 0 aromatic rings. The molecule has 1 atom stereocenters. The quantitative estimate of drug-likeness (QED) is 0.571. The van der Waals surface area contributed by atoms with Gasteiger partial charge in [-0.05, 0) is 32.1 Å². The van der Waals surface area contributed by atoms with Gasteiger partial charge in [0.1, 0.15) is 0 Å². The van der Waals surface area contributed by atoms with Crippen LogP contribution in [-0.4, -0.2) is 29.3 Å². The molecule has 0 saturated carbocycles. The summed E-state index contributed by atoms with van der Waals surface area (Å²) in [5, 5.41) is 0. The van der Waals surface area contributed by atoms with Crippen molar-refractivity contribution in [2.75, 3.05) is 6.54 Å². The zero-order valence-electron chi connectivity index (χ0n) is 9.45. The van der Waals surface area contributed by atoms with Crippen LogP contribution in [0, 0.1) is 0 Å². The Bertz CT molecular complexity index is 336. The molecule has 2 amide bonds. The van der Waals surface area contributed by atoms with E-state index < -0.39 is 6.04 Å². The van der Waals surface area contributed by atoms with Crippen LogP contribution in [0.3, 0.4) is 0 Å². The molecule has 4 nitrogen and oxygen atoms in total. The summed E-state index contributed by atoms with van der Waals surface area (Å²) in [7, 11) is 0. The number of likely N-dealkylation sites (tertiary alicyclic amines) is 1. The number of rotatable bonds is 3. The molecule has 1 aliphatic heterocycles. The summed E-state index contributed by atoms with van der Waals surface area (Å²) < 4.78 is 0. The third-order valence-corrected chi connectivity index (χ3v) is 3.32. The highest BCUT2D eigenvalue weighted by molar-refractivity contribution is 6.05. The van der Waals surface area contributed by atoms with Crippen LogP contribution >= 0.6 is 0 Å². The van der Waals surface area contributed by atoms with Crippen molar-refractivity contribution in [3.8, 4) is 0 Å². The van der Waals surface area contributed by atoms with E-state index >= 15 is 0 Å². The van der Waals surface area contributed by atoms with E-state index in [1.54, 1.807) is 0 Å². The third-order valence-electron chi connectivity index (χ3n) is 3.32. The molecule has 1 unspecified atom stereocenters. The van der Waals surface area contributed by atoms with Gasteiger partial charge < -0.3 is 5.73 Å². The number of nitrogens with zero attached hydrogens (tertiary/aromatic N) is 1. The first-order chi connectivity index (χ1) is 7.68. The lowest BCUT2D eigenvalue weighted by Crippen LogP contribution is -2.36. The number of allylic oxidation sites excluding steroid dienone is 1. The summed E-state index contributed by atoms with van der Waals surface area (Å²) in [4.78, 5) is 24.3. The van der Waals surface area contributed by atoms with Gasteiger partial charge in [0.2, 0.25) is 11.8 Å². The van der Waals surface area contributed by atoms with Gasteiger partial charge in [-0.1, -0.05) is 11.6 Å². The lowest BCUT2D eigenvalue weighted by atomic mass is 9.97. The van der Waals surface area contributed by atoms with Gasteiger partial charge in [0.25, 0.3) is 0 Å². The van der Waals surface area contributed by atoms with Gasteiger partial charge >= 0.3 is 0 Å². The maximum absolute atomic E-state index is 11.5. The monoisotopic (exact) mass is 222 g/mol. The van der Waals surface area contributed by atoms with Crippen molar-refractivity contribution in [2.24, 2.45) is 5.73 Å². The number of imide groups is 1. The molecule has 4 heteroatoms. The summed E-state index contributed by atoms with van der Waals surface area (Å²) in [6, 6.07) is -0.604. The molecule has 0 aromatic carbocycles. The Hall–Kier alpha value is -1.16. The SMILES string of the molecule is NC1CC(=O)N(CCC2=CCCCC2)C1=O. The molecule has 1 saturated heterocycles. The summed E-state index contributed by atoms with van der Waals surface area (Å²) in [5.41, 5.74) is 6.92. The minimum atomic E-state index is -0.604. The molecule has 0 spiro atoms. The van der Waals surface area contributed by atoms with E-state index in [1.165, 1.54) is 23.3 Å². The average Bonchev–Trinajstić information content (AvgIpc) is 2.53. The van der Waals surface area contributed by atoms with Crippen LogP contribution in [-0.2, 0) is 9.59 Å².